The second-order valence-electron chi connectivity index (χ2n) is 5.78. The van der Waals surface area contributed by atoms with Gasteiger partial charge in [-0.25, -0.2) is 8.42 Å². The molecular weight excluding hydrogens is 364 g/mol. The number of amides is 1. The molecular formula is C16H23ClN4O3S. The van der Waals surface area contributed by atoms with Gasteiger partial charge in [0.05, 0.1) is 11.1 Å². The molecule has 0 bridgehead atoms. The molecule has 7 nitrogen and oxygen atoms in total. The third-order valence-electron chi connectivity index (χ3n) is 3.74. The van der Waals surface area contributed by atoms with Crippen molar-refractivity contribution in [3.8, 4) is 0 Å². The molecule has 1 heterocycles. The Morgan fingerprint density at radius 3 is 2.36 bits per heavy atom. The average molecular weight is 387 g/mol. The number of halogens is 1. The van der Waals surface area contributed by atoms with E-state index in [1.807, 2.05) is 0 Å². The molecule has 25 heavy (non-hydrogen) atoms. The van der Waals surface area contributed by atoms with Crippen LogP contribution in [0.3, 0.4) is 0 Å². The van der Waals surface area contributed by atoms with E-state index in [-0.39, 0.29) is 23.2 Å². The van der Waals surface area contributed by atoms with Gasteiger partial charge in [0.1, 0.15) is 6.04 Å². The first kappa shape index (κ1) is 21.1. The van der Waals surface area contributed by atoms with Gasteiger partial charge in [-0.3, -0.25) is 9.48 Å². The molecule has 138 valence electrons. The minimum atomic E-state index is -3.22. The lowest BCUT2D eigenvalue weighted by atomic mass is 10.1. The standard InChI is InChI=1S/C16H22N4O3S.ClH/c1-17-15(13-9-18-20(3)11-13)16(21)19(2)10-12-5-7-14(8-6-12)24(4,22)23;/h5-9,11,15,17H,10H2,1-4H3;1H. The smallest absolute Gasteiger partial charge is 0.244 e. The summed E-state index contributed by atoms with van der Waals surface area (Å²) in [6.45, 7) is 0.390. The predicted molar refractivity (Wildman–Crippen MR) is 98.3 cm³/mol. The Hall–Kier alpha value is -1.90. The molecule has 1 unspecified atom stereocenters. The molecule has 1 aromatic heterocycles. The van der Waals surface area contributed by atoms with Crippen LogP contribution in [-0.2, 0) is 28.2 Å². The monoisotopic (exact) mass is 386 g/mol. The summed E-state index contributed by atoms with van der Waals surface area (Å²) in [5.41, 5.74) is 1.66. The van der Waals surface area contributed by atoms with Gasteiger partial charge in [0.25, 0.3) is 0 Å². The topological polar surface area (TPSA) is 84.3 Å². The van der Waals surface area contributed by atoms with Crippen molar-refractivity contribution in [3.05, 3.63) is 47.8 Å². The highest BCUT2D eigenvalue weighted by molar-refractivity contribution is 7.90. The maximum absolute atomic E-state index is 12.6. The molecule has 0 spiro atoms. The highest BCUT2D eigenvalue weighted by atomic mass is 35.5. The van der Waals surface area contributed by atoms with E-state index < -0.39 is 15.9 Å². The maximum atomic E-state index is 12.6. The molecule has 1 atom stereocenters. The number of carbonyl (C=O) groups excluding carboxylic acids is 1. The first-order valence-corrected chi connectivity index (χ1v) is 9.31. The van der Waals surface area contributed by atoms with Crippen molar-refractivity contribution in [1.29, 1.82) is 0 Å². The van der Waals surface area contributed by atoms with Crippen LogP contribution in [0.25, 0.3) is 0 Å². The largest absolute Gasteiger partial charge is 0.340 e. The molecule has 0 saturated heterocycles. The van der Waals surface area contributed by atoms with E-state index in [4.69, 9.17) is 0 Å². The highest BCUT2D eigenvalue weighted by Crippen LogP contribution is 2.16. The Kier molecular flexibility index (Phi) is 7.16. The molecule has 0 aliphatic rings. The lowest BCUT2D eigenvalue weighted by Gasteiger charge is -2.23. The van der Waals surface area contributed by atoms with Crippen LogP contribution in [0.2, 0.25) is 0 Å². The van der Waals surface area contributed by atoms with E-state index in [1.54, 1.807) is 67.4 Å². The van der Waals surface area contributed by atoms with Gasteiger partial charge in [-0.15, -0.1) is 12.4 Å². The van der Waals surface area contributed by atoms with Gasteiger partial charge < -0.3 is 10.2 Å². The zero-order valence-corrected chi connectivity index (χ0v) is 16.3. The minimum absolute atomic E-state index is 0. The van der Waals surface area contributed by atoms with Crippen LogP contribution in [0.15, 0.2) is 41.6 Å². The summed E-state index contributed by atoms with van der Waals surface area (Å²) >= 11 is 0. The molecule has 2 rings (SSSR count). The van der Waals surface area contributed by atoms with E-state index in [0.717, 1.165) is 11.1 Å². The highest BCUT2D eigenvalue weighted by Gasteiger charge is 2.23. The van der Waals surface area contributed by atoms with Crippen LogP contribution in [0.1, 0.15) is 17.2 Å². The second kappa shape index (κ2) is 8.46. The number of nitrogens with one attached hydrogen (secondary N) is 1. The second-order valence-corrected chi connectivity index (χ2v) is 7.80. The molecule has 0 radical (unpaired) electrons. The van der Waals surface area contributed by atoms with Gasteiger partial charge in [-0.2, -0.15) is 5.10 Å². The van der Waals surface area contributed by atoms with Crippen LogP contribution in [0, 0.1) is 0 Å². The van der Waals surface area contributed by atoms with Crippen molar-refractivity contribution in [2.24, 2.45) is 7.05 Å². The van der Waals surface area contributed by atoms with Crippen molar-refractivity contribution in [2.75, 3.05) is 20.4 Å². The number of carbonyl (C=O) groups is 1. The summed E-state index contributed by atoms with van der Waals surface area (Å²) in [6, 6.07) is 6.08. The number of nitrogens with zero attached hydrogens (tertiary/aromatic N) is 3. The van der Waals surface area contributed by atoms with Crippen molar-refractivity contribution in [1.82, 2.24) is 20.0 Å². The zero-order chi connectivity index (χ0) is 17.9. The number of benzene rings is 1. The molecule has 2 aromatic rings. The molecule has 9 heteroatoms. The van der Waals surface area contributed by atoms with Crippen LogP contribution in [0.4, 0.5) is 0 Å². The summed E-state index contributed by atoms with van der Waals surface area (Å²) in [4.78, 5) is 14.5. The van der Waals surface area contributed by atoms with Gasteiger partial charge in [-0.1, -0.05) is 12.1 Å². The molecule has 1 aromatic carbocycles. The first-order valence-electron chi connectivity index (χ1n) is 7.42. The predicted octanol–water partition coefficient (Wildman–Crippen LogP) is 1.16. The van der Waals surface area contributed by atoms with E-state index >= 15 is 0 Å². The zero-order valence-electron chi connectivity index (χ0n) is 14.6. The molecule has 1 N–H and O–H groups in total. The van der Waals surface area contributed by atoms with Crippen molar-refractivity contribution >= 4 is 28.2 Å². The Morgan fingerprint density at radius 1 is 1.32 bits per heavy atom. The van der Waals surface area contributed by atoms with Gasteiger partial charge in [0.15, 0.2) is 9.84 Å². The lowest BCUT2D eigenvalue weighted by molar-refractivity contribution is -0.132. The average Bonchev–Trinajstić information content (AvgIpc) is 2.93. The van der Waals surface area contributed by atoms with E-state index in [1.165, 1.54) is 6.26 Å². The molecule has 0 aliphatic heterocycles. The number of sulfone groups is 1. The molecule has 0 fully saturated rings. The van der Waals surface area contributed by atoms with Gasteiger partial charge in [0.2, 0.25) is 5.91 Å². The number of rotatable bonds is 6. The number of aromatic nitrogens is 2. The maximum Gasteiger partial charge on any atom is 0.244 e. The van der Waals surface area contributed by atoms with Crippen molar-refractivity contribution in [2.45, 2.75) is 17.5 Å². The summed E-state index contributed by atoms with van der Waals surface area (Å²) < 4.78 is 24.6. The summed E-state index contributed by atoms with van der Waals surface area (Å²) in [7, 11) is 2.03. The minimum Gasteiger partial charge on any atom is -0.340 e. The third kappa shape index (κ3) is 5.29. The van der Waals surface area contributed by atoms with E-state index in [9.17, 15) is 13.2 Å². The number of likely N-dealkylation sites (N-methyl/N-ethyl adjacent to an activating group) is 2. The summed E-state index contributed by atoms with van der Waals surface area (Å²) in [5.74, 6) is -0.0855. The van der Waals surface area contributed by atoms with E-state index in [2.05, 4.69) is 10.4 Å². The molecule has 0 aliphatic carbocycles. The normalized spacial score (nSPS) is 12.3. The fourth-order valence-corrected chi connectivity index (χ4v) is 3.07. The summed E-state index contributed by atoms with van der Waals surface area (Å²) in [5, 5.41) is 7.10. The fourth-order valence-electron chi connectivity index (χ4n) is 2.44. The van der Waals surface area contributed by atoms with Crippen LogP contribution in [0.5, 0.6) is 0 Å². The van der Waals surface area contributed by atoms with Gasteiger partial charge in [0, 0.05) is 38.7 Å². The number of aryl methyl sites for hydroxylation is 1. The van der Waals surface area contributed by atoms with Crippen LogP contribution in [-0.4, -0.2) is 49.4 Å². The number of hydrogen-bond acceptors (Lipinski definition) is 5. The Labute approximate surface area is 154 Å². The van der Waals surface area contributed by atoms with Crippen LogP contribution >= 0.6 is 12.4 Å². The quantitative estimate of drug-likeness (QED) is 0.805. The SMILES string of the molecule is CNC(C(=O)N(C)Cc1ccc(S(C)(=O)=O)cc1)c1cnn(C)c1.Cl. The first-order chi connectivity index (χ1) is 11.2. The molecule has 1 amide bonds. The number of hydrogen-bond donors (Lipinski definition) is 1. The molecule has 0 saturated carbocycles. The summed E-state index contributed by atoms with van der Waals surface area (Å²) in [6.07, 6.45) is 4.63. The van der Waals surface area contributed by atoms with Crippen LogP contribution < -0.4 is 5.32 Å². The Balaban J connectivity index is 0.00000312. The Morgan fingerprint density at radius 2 is 1.92 bits per heavy atom. The van der Waals surface area contributed by atoms with Gasteiger partial charge >= 0.3 is 0 Å². The van der Waals surface area contributed by atoms with Crippen molar-refractivity contribution in [3.63, 3.8) is 0 Å². The van der Waals surface area contributed by atoms with Gasteiger partial charge in [-0.05, 0) is 24.7 Å². The van der Waals surface area contributed by atoms with Crippen molar-refractivity contribution < 1.29 is 13.2 Å². The Bertz CT molecular complexity index is 818. The fraction of sp³-hybridized carbons (Fsp3) is 0.375. The van der Waals surface area contributed by atoms with E-state index in [0.29, 0.717) is 6.54 Å². The third-order valence-corrected chi connectivity index (χ3v) is 4.87. The lowest BCUT2D eigenvalue weighted by Crippen LogP contribution is -2.37.